The van der Waals surface area contributed by atoms with Crippen molar-refractivity contribution in [3.05, 3.63) is 82.3 Å². The molecule has 0 aliphatic heterocycles. The van der Waals surface area contributed by atoms with Crippen LogP contribution in [0.5, 0.6) is 5.75 Å². The van der Waals surface area contributed by atoms with Crippen LogP contribution in [0.15, 0.2) is 65.5 Å². The van der Waals surface area contributed by atoms with Crippen molar-refractivity contribution < 1.29 is 14.6 Å². The summed E-state index contributed by atoms with van der Waals surface area (Å²) >= 11 is 0. The van der Waals surface area contributed by atoms with Crippen molar-refractivity contribution in [2.24, 2.45) is 5.41 Å². The molecule has 0 saturated heterocycles. The minimum atomic E-state index is -0.319. The first-order chi connectivity index (χ1) is 16.1. The Morgan fingerprint density at radius 3 is 2.64 bits per heavy atom. The quantitative estimate of drug-likeness (QED) is 0.383. The summed E-state index contributed by atoms with van der Waals surface area (Å²) in [5.74, 6) is 1.22. The average molecular weight is 444 g/mol. The van der Waals surface area contributed by atoms with Crippen LogP contribution in [0.3, 0.4) is 0 Å². The predicted octanol–water partition coefficient (Wildman–Crippen LogP) is 3.40. The number of ketones is 1. The van der Waals surface area contributed by atoms with E-state index in [4.69, 9.17) is 4.74 Å². The van der Waals surface area contributed by atoms with Crippen molar-refractivity contribution in [2.45, 2.75) is 32.3 Å². The van der Waals surface area contributed by atoms with Crippen molar-refractivity contribution in [2.75, 3.05) is 6.61 Å². The minimum absolute atomic E-state index is 0.0146. The molecule has 33 heavy (non-hydrogen) atoms. The van der Waals surface area contributed by atoms with Crippen molar-refractivity contribution in [3.63, 3.8) is 0 Å². The molecule has 8 nitrogen and oxygen atoms in total. The number of rotatable bonds is 9. The van der Waals surface area contributed by atoms with E-state index in [-0.39, 0.29) is 30.0 Å². The van der Waals surface area contributed by atoms with E-state index in [0.29, 0.717) is 41.5 Å². The van der Waals surface area contributed by atoms with Gasteiger partial charge in [-0.3, -0.25) is 9.59 Å². The van der Waals surface area contributed by atoms with E-state index in [0.717, 1.165) is 18.4 Å². The number of nitrogens with one attached hydrogen (secondary N) is 1. The molecule has 0 bridgehead atoms. The Labute approximate surface area is 189 Å². The van der Waals surface area contributed by atoms with Gasteiger partial charge in [-0.05, 0) is 36.8 Å². The number of para-hydroxylation sites is 1. The van der Waals surface area contributed by atoms with Crippen molar-refractivity contribution in [1.29, 1.82) is 0 Å². The fraction of sp³-hybridized carbons (Fsp3) is 0.280. The molecule has 0 spiro atoms. The molecule has 1 fully saturated rings. The second kappa shape index (κ2) is 8.63. The highest BCUT2D eigenvalue weighted by molar-refractivity contribution is 5.98. The van der Waals surface area contributed by atoms with Gasteiger partial charge in [0, 0.05) is 24.7 Å². The largest absolute Gasteiger partial charge is 0.487 e. The van der Waals surface area contributed by atoms with Gasteiger partial charge in [-0.15, -0.1) is 5.10 Å². The van der Waals surface area contributed by atoms with Gasteiger partial charge in [-0.1, -0.05) is 42.5 Å². The van der Waals surface area contributed by atoms with E-state index in [1.165, 1.54) is 10.6 Å². The summed E-state index contributed by atoms with van der Waals surface area (Å²) in [4.78, 5) is 32.9. The summed E-state index contributed by atoms with van der Waals surface area (Å²) < 4.78 is 7.14. The van der Waals surface area contributed by atoms with Crippen molar-refractivity contribution in [3.8, 4) is 17.1 Å². The van der Waals surface area contributed by atoms with Crippen LogP contribution in [0.1, 0.15) is 41.7 Å². The number of H-pyrrole nitrogens is 1. The molecule has 2 aromatic carbocycles. The van der Waals surface area contributed by atoms with Gasteiger partial charge < -0.3 is 14.8 Å². The number of fused-ring (bicyclic) bond motifs is 1. The highest BCUT2D eigenvalue weighted by Crippen LogP contribution is 2.49. The number of carbonyl (C=O) groups is 1. The summed E-state index contributed by atoms with van der Waals surface area (Å²) in [6.45, 7) is 0.201. The predicted molar refractivity (Wildman–Crippen MR) is 122 cm³/mol. The number of aliphatic hydroxyl groups excluding tert-OH is 1. The Kier molecular flexibility index (Phi) is 5.51. The van der Waals surface area contributed by atoms with Gasteiger partial charge >= 0.3 is 0 Å². The molecular weight excluding hydrogens is 420 g/mol. The number of aromatic amines is 1. The minimum Gasteiger partial charge on any atom is -0.487 e. The van der Waals surface area contributed by atoms with Crippen LogP contribution in [0, 0.1) is 5.41 Å². The molecule has 8 heteroatoms. The third kappa shape index (κ3) is 4.42. The first-order valence-corrected chi connectivity index (χ1v) is 11.0. The number of ether oxygens (including phenoxy) is 1. The molecular formula is C25H24N4O4. The number of aliphatic hydroxyl groups is 1. The lowest BCUT2D eigenvalue weighted by Crippen LogP contribution is -2.17. The first-order valence-electron chi connectivity index (χ1n) is 11.0. The summed E-state index contributed by atoms with van der Waals surface area (Å²) in [5, 5.41) is 13.8. The van der Waals surface area contributed by atoms with Crippen LogP contribution < -0.4 is 10.3 Å². The number of benzene rings is 2. The molecule has 1 aliphatic carbocycles. The van der Waals surface area contributed by atoms with E-state index >= 15 is 0 Å². The van der Waals surface area contributed by atoms with Gasteiger partial charge in [0.1, 0.15) is 12.4 Å². The van der Waals surface area contributed by atoms with Gasteiger partial charge in [-0.2, -0.15) is 9.50 Å². The number of aromatic nitrogens is 4. The zero-order valence-corrected chi connectivity index (χ0v) is 18.0. The van der Waals surface area contributed by atoms with Gasteiger partial charge in [0.05, 0.1) is 11.3 Å². The number of nitrogens with zero attached hydrogens (tertiary/aromatic N) is 3. The Hall–Kier alpha value is -3.78. The number of hydrogen-bond donors (Lipinski definition) is 2. The SMILES string of the molecule is O=C(CCC1(CO)CC1)c1ccccc1OCc1cc(=O)n2nc(-c3ccccc3)nc2[nH]1. The lowest BCUT2D eigenvalue weighted by Gasteiger charge is -2.13. The molecule has 2 heterocycles. The molecule has 5 rings (SSSR count). The maximum absolute atomic E-state index is 12.8. The Morgan fingerprint density at radius 1 is 1.12 bits per heavy atom. The lowest BCUT2D eigenvalue weighted by atomic mass is 9.96. The second-order valence-corrected chi connectivity index (χ2v) is 8.54. The van der Waals surface area contributed by atoms with E-state index < -0.39 is 0 Å². The highest BCUT2D eigenvalue weighted by atomic mass is 16.5. The van der Waals surface area contributed by atoms with Crippen LogP contribution >= 0.6 is 0 Å². The maximum Gasteiger partial charge on any atom is 0.276 e. The Balaban J connectivity index is 1.33. The number of hydrogen-bond acceptors (Lipinski definition) is 6. The highest BCUT2D eigenvalue weighted by Gasteiger charge is 2.41. The number of Topliss-reactive ketones (excluding diaryl/α,β-unsaturated/α-hetero) is 1. The molecule has 1 saturated carbocycles. The standard InChI is InChI=1S/C25H24N4O4/c30-16-25(12-13-25)11-10-20(31)19-8-4-5-9-21(19)33-15-18-14-22(32)29-24(26-18)27-23(28-29)17-6-2-1-3-7-17/h1-9,14,30H,10-13,15-16H2,(H,26,27,28). The van der Waals surface area contributed by atoms with E-state index in [2.05, 4.69) is 15.1 Å². The topological polar surface area (TPSA) is 110 Å². The smallest absolute Gasteiger partial charge is 0.276 e. The number of carbonyl (C=O) groups excluding carboxylic acids is 1. The summed E-state index contributed by atoms with van der Waals surface area (Å²) in [5.41, 5.74) is 1.45. The second-order valence-electron chi connectivity index (χ2n) is 8.54. The van der Waals surface area contributed by atoms with Gasteiger partial charge in [0.15, 0.2) is 11.6 Å². The first kappa shape index (κ1) is 21.1. The molecule has 0 unspecified atom stereocenters. The van der Waals surface area contributed by atoms with Gasteiger partial charge in [0.25, 0.3) is 5.56 Å². The molecule has 1 aliphatic rings. The molecule has 0 atom stereocenters. The lowest BCUT2D eigenvalue weighted by molar-refractivity contribution is 0.0957. The Morgan fingerprint density at radius 2 is 1.88 bits per heavy atom. The van der Waals surface area contributed by atoms with Gasteiger partial charge in [0.2, 0.25) is 5.78 Å². The fourth-order valence-electron chi connectivity index (χ4n) is 3.88. The van der Waals surface area contributed by atoms with Crippen molar-refractivity contribution in [1.82, 2.24) is 19.6 Å². The van der Waals surface area contributed by atoms with Crippen LogP contribution in [0.25, 0.3) is 17.2 Å². The molecule has 4 aromatic rings. The molecule has 168 valence electrons. The summed E-state index contributed by atoms with van der Waals surface area (Å²) in [6.07, 6.45) is 2.99. The maximum atomic E-state index is 12.8. The summed E-state index contributed by atoms with van der Waals surface area (Å²) in [6, 6.07) is 17.9. The van der Waals surface area contributed by atoms with Crippen LogP contribution in [-0.4, -0.2) is 37.1 Å². The zero-order valence-electron chi connectivity index (χ0n) is 18.0. The average Bonchev–Trinajstić information content (AvgIpc) is 3.51. The summed E-state index contributed by atoms with van der Waals surface area (Å²) in [7, 11) is 0. The van der Waals surface area contributed by atoms with E-state index in [9.17, 15) is 14.7 Å². The van der Waals surface area contributed by atoms with E-state index in [1.54, 1.807) is 24.3 Å². The van der Waals surface area contributed by atoms with Crippen molar-refractivity contribution >= 4 is 11.6 Å². The monoisotopic (exact) mass is 444 g/mol. The normalized spacial score (nSPS) is 14.3. The van der Waals surface area contributed by atoms with Gasteiger partial charge in [-0.25, -0.2) is 0 Å². The zero-order chi connectivity index (χ0) is 22.8. The van der Waals surface area contributed by atoms with Crippen LogP contribution in [0.4, 0.5) is 0 Å². The molecule has 2 N–H and O–H groups in total. The van der Waals surface area contributed by atoms with E-state index in [1.807, 2.05) is 30.3 Å². The third-order valence-corrected chi connectivity index (χ3v) is 6.16. The third-order valence-electron chi connectivity index (χ3n) is 6.16. The Bertz CT molecular complexity index is 1360. The molecule has 2 aromatic heterocycles. The van der Waals surface area contributed by atoms with Crippen LogP contribution in [-0.2, 0) is 6.61 Å². The molecule has 0 radical (unpaired) electrons. The van der Waals surface area contributed by atoms with Crippen LogP contribution in [0.2, 0.25) is 0 Å². The fourth-order valence-corrected chi connectivity index (χ4v) is 3.88. The molecule has 0 amide bonds.